The van der Waals surface area contributed by atoms with Crippen molar-refractivity contribution < 1.29 is 63.4 Å². The van der Waals surface area contributed by atoms with E-state index in [1.54, 1.807) is 0 Å². The quantitative estimate of drug-likeness (QED) is 0.0267. The summed E-state index contributed by atoms with van der Waals surface area (Å²) in [6.07, 6.45) is 0.932. The highest BCUT2D eigenvalue weighted by Crippen LogP contribution is 2.44. The van der Waals surface area contributed by atoms with Gasteiger partial charge in [-0.3, -0.25) is 18.7 Å². The summed E-state index contributed by atoms with van der Waals surface area (Å²) in [7, 11) is -14.4. The first kappa shape index (κ1) is 38.9. The van der Waals surface area contributed by atoms with Crippen LogP contribution in [-0.2, 0) is 35.1 Å². The van der Waals surface area contributed by atoms with Gasteiger partial charge in [0.2, 0.25) is 9.79 Å². The summed E-state index contributed by atoms with van der Waals surface area (Å²) in [4.78, 5) is 34.7. The normalized spacial score (nSPS) is 12.3. The van der Waals surface area contributed by atoms with Crippen molar-refractivity contribution in [3.8, 4) is 11.1 Å². The number of unbranched alkanes of at least 4 members (excludes halogenated alkanes) is 2. The molecule has 0 spiro atoms. The maximum atomic E-state index is 13.6. The van der Waals surface area contributed by atoms with Crippen LogP contribution in [-0.4, -0.2) is 81.3 Å². The molecule has 0 radical (unpaired) electrons. The number of hydrogen-bond donors (Lipinski definition) is 8. The monoisotopic (exact) mass is 769 g/mol. The molecule has 1 aromatic heterocycles. The van der Waals surface area contributed by atoms with E-state index < -0.39 is 98.3 Å². The molecule has 51 heavy (non-hydrogen) atoms. The molecule has 0 saturated heterocycles. The Labute approximate surface area is 291 Å². The number of sulfonamides is 1. The van der Waals surface area contributed by atoms with Gasteiger partial charge in [-0.05, 0) is 67.3 Å². The summed E-state index contributed by atoms with van der Waals surface area (Å²) in [6, 6.07) is 8.24. The molecule has 0 aliphatic rings. The zero-order valence-corrected chi connectivity index (χ0v) is 28.9. The van der Waals surface area contributed by atoms with E-state index in [4.69, 9.17) is 25.5 Å². The molecule has 0 aliphatic heterocycles. The third-order valence-electron chi connectivity index (χ3n) is 7.56. The molecule has 1 heterocycles. The predicted molar refractivity (Wildman–Crippen MR) is 184 cm³/mol. The van der Waals surface area contributed by atoms with Gasteiger partial charge in [0, 0.05) is 30.6 Å². The number of nitrogens with two attached hydrogens (primary N) is 2. The van der Waals surface area contributed by atoms with Gasteiger partial charge in [-0.1, -0.05) is 6.42 Å². The van der Waals surface area contributed by atoms with Crippen molar-refractivity contribution in [1.82, 2.24) is 10.0 Å². The van der Waals surface area contributed by atoms with Gasteiger partial charge in [0.25, 0.3) is 26.0 Å². The third kappa shape index (κ3) is 9.06. The molecule has 0 fully saturated rings. The van der Waals surface area contributed by atoms with Gasteiger partial charge in [0.15, 0.2) is 0 Å². The SMILES string of the molecule is Nc1ccc2c(-c3cc(C(=O)NCCCCCC(=O)O)ccc3C(=O)O)c3ccc(N)c(S(=O)(=O)NCCCS(=O)(=O)O)c3[o+]c2c1S(=O)(=O)O. The van der Waals surface area contributed by atoms with E-state index in [-0.39, 0.29) is 46.8 Å². The second-order valence-corrected chi connectivity index (χ2v) is 15.9. The van der Waals surface area contributed by atoms with Gasteiger partial charge < -0.3 is 27.0 Å². The first-order valence-electron chi connectivity index (χ1n) is 14.9. The number of anilines is 2. The Morgan fingerprint density at radius 2 is 1.35 bits per heavy atom. The highest BCUT2D eigenvalue weighted by atomic mass is 32.2. The average molecular weight is 770 g/mol. The van der Waals surface area contributed by atoms with Crippen molar-refractivity contribution in [2.75, 3.05) is 30.3 Å². The topological polar surface area (TPSA) is 322 Å². The number of carboxylic acids is 2. The zero-order chi connectivity index (χ0) is 37.9. The van der Waals surface area contributed by atoms with Gasteiger partial charge in [0.1, 0.15) is 0 Å². The van der Waals surface area contributed by atoms with E-state index in [9.17, 15) is 49.3 Å². The van der Waals surface area contributed by atoms with E-state index in [1.165, 1.54) is 24.3 Å². The average Bonchev–Trinajstić information content (AvgIpc) is 3.01. The minimum atomic E-state index is -5.20. The van der Waals surface area contributed by atoms with E-state index in [1.807, 2.05) is 0 Å². The lowest BCUT2D eigenvalue weighted by atomic mass is 9.91. The number of hydrogen-bond acceptors (Lipinski definition) is 11. The van der Waals surface area contributed by atoms with Crippen molar-refractivity contribution >= 4 is 81.4 Å². The molecule has 18 nitrogen and oxygen atoms in total. The van der Waals surface area contributed by atoms with Crippen LogP contribution in [0.25, 0.3) is 33.1 Å². The maximum absolute atomic E-state index is 13.6. The van der Waals surface area contributed by atoms with Gasteiger partial charge in [-0.25, -0.2) is 22.4 Å². The molecule has 0 aliphatic carbocycles. The number of amides is 1. The van der Waals surface area contributed by atoms with Crippen LogP contribution in [0.4, 0.5) is 11.4 Å². The second kappa shape index (κ2) is 15.1. The van der Waals surface area contributed by atoms with Gasteiger partial charge in [-0.15, -0.1) is 0 Å². The number of carboxylic acid groups (broad SMARTS) is 2. The highest BCUT2D eigenvalue weighted by Gasteiger charge is 2.37. The van der Waals surface area contributed by atoms with Crippen LogP contribution >= 0.6 is 0 Å². The molecule has 21 heteroatoms. The van der Waals surface area contributed by atoms with Crippen LogP contribution < -0.4 is 21.5 Å². The molecule has 0 saturated carbocycles. The largest absolute Gasteiger partial charge is 0.481 e. The standard InChI is InChI=1S/C30H32N4O14S3/c31-21-10-8-18-24(20-15-16(6-7-17(20)30(38)39)29(37)33-12-3-1-2-5-23(35)36)19-9-11-22(32)28(51(45,46)47)26(19)48-25(18)27(21)50(43,44)34-13-4-14-49(40,41)42/h6-11,15,34H,1-5,12-14,31-32H2,(H4-,33,35,36,37,38,39,40,41,42,45,46,47)/p+1. The number of fused-ring (bicyclic) bond motifs is 2. The first-order chi connectivity index (χ1) is 23.7. The van der Waals surface area contributed by atoms with Crippen molar-refractivity contribution in [1.29, 1.82) is 0 Å². The summed E-state index contributed by atoms with van der Waals surface area (Å²) < 4.78 is 102. The minimum Gasteiger partial charge on any atom is -0.481 e. The lowest BCUT2D eigenvalue weighted by Crippen LogP contribution is -2.27. The fourth-order valence-corrected chi connectivity index (χ4v) is 7.92. The molecule has 3 aromatic carbocycles. The van der Waals surface area contributed by atoms with Crippen LogP contribution in [0.3, 0.4) is 0 Å². The Hall–Kier alpha value is -4.93. The van der Waals surface area contributed by atoms with Crippen LogP contribution in [0.1, 0.15) is 52.8 Å². The van der Waals surface area contributed by atoms with Crippen molar-refractivity contribution in [2.24, 2.45) is 0 Å². The summed E-state index contributed by atoms with van der Waals surface area (Å²) in [6.45, 7) is -0.360. The van der Waals surface area contributed by atoms with Crippen LogP contribution in [0.5, 0.6) is 0 Å². The summed E-state index contributed by atoms with van der Waals surface area (Å²) in [5.74, 6) is -3.88. The van der Waals surface area contributed by atoms with Crippen molar-refractivity contribution in [3.63, 3.8) is 0 Å². The second-order valence-electron chi connectivity index (χ2n) is 11.2. The minimum absolute atomic E-state index is 0.0387. The van der Waals surface area contributed by atoms with E-state index in [0.29, 0.717) is 19.3 Å². The van der Waals surface area contributed by atoms with Gasteiger partial charge >= 0.3 is 33.2 Å². The Balaban J connectivity index is 2.00. The maximum Gasteiger partial charge on any atom is 0.384 e. The molecular formula is C30H33N4O14S3+. The number of carbonyl (C=O) groups excluding carboxylic acids is 1. The molecule has 10 N–H and O–H groups in total. The van der Waals surface area contributed by atoms with Crippen LogP contribution in [0.15, 0.2) is 56.7 Å². The van der Waals surface area contributed by atoms with E-state index in [0.717, 1.165) is 18.2 Å². The summed E-state index contributed by atoms with van der Waals surface area (Å²) >= 11 is 0. The molecule has 274 valence electrons. The number of nitrogens with one attached hydrogen (secondary N) is 2. The van der Waals surface area contributed by atoms with Gasteiger partial charge in [0.05, 0.1) is 33.5 Å². The van der Waals surface area contributed by atoms with E-state index in [2.05, 4.69) is 10.0 Å². The molecule has 0 atom stereocenters. The molecule has 4 aromatic rings. The number of carbonyl (C=O) groups is 3. The Morgan fingerprint density at radius 1 is 0.745 bits per heavy atom. The Morgan fingerprint density at radius 3 is 1.92 bits per heavy atom. The number of aliphatic carboxylic acids is 1. The van der Waals surface area contributed by atoms with Crippen molar-refractivity contribution in [2.45, 2.75) is 41.9 Å². The lowest BCUT2D eigenvalue weighted by Gasteiger charge is -2.14. The van der Waals surface area contributed by atoms with Crippen molar-refractivity contribution in [3.05, 3.63) is 53.6 Å². The summed E-state index contributed by atoms with van der Waals surface area (Å²) in [5.41, 5.74) is 8.88. The lowest BCUT2D eigenvalue weighted by molar-refractivity contribution is -0.137. The highest BCUT2D eigenvalue weighted by molar-refractivity contribution is 7.90. The molecule has 0 unspecified atom stereocenters. The molecular weight excluding hydrogens is 737 g/mol. The number of rotatable bonds is 16. The number of nitrogen functional groups attached to an aromatic ring is 2. The molecule has 1 amide bonds. The number of aromatic carboxylic acids is 1. The molecule has 4 rings (SSSR count). The van der Waals surface area contributed by atoms with E-state index >= 15 is 0 Å². The first-order valence-corrected chi connectivity index (χ1v) is 19.5. The van der Waals surface area contributed by atoms with Crippen LogP contribution in [0.2, 0.25) is 0 Å². The molecule has 0 bridgehead atoms. The predicted octanol–water partition coefficient (Wildman–Crippen LogP) is 2.57. The Bertz CT molecular complexity index is 2400. The smallest absolute Gasteiger partial charge is 0.384 e. The summed E-state index contributed by atoms with van der Waals surface area (Å²) in [5, 5.41) is 21.3. The third-order valence-corrected chi connectivity index (χ3v) is 10.8. The van der Waals surface area contributed by atoms with Crippen LogP contribution in [0, 0.1) is 0 Å². The number of benzene rings is 3. The zero-order valence-electron chi connectivity index (χ0n) is 26.4. The Kier molecular flexibility index (Phi) is 11.5. The van der Waals surface area contributed by atoms with Gasteiger partial charge in [-0.2, -0.15) is 16.8 Å². The fourth-order valence-electron chi connectivity index (χ4n) is 5.33. The fraction of sp³-hybridized carbons (Fsp3) is 0.267.